The Kier molecular flexibility index (Phi) is 65.4. The van der Waals surface area contributed by atoms with Crippen molar-refractivity contribution >= 4 is 0 Å². The third-order valence-electron chi connectivity index (χ3n) is 1.06. The molecule has 0 aliphatic heterocycles. The standard InChI is InChI=1S/C5H8.C5H12.2C2H6/c1-4-5(2)3;1-3-5-4-2;2*1-2/h4H,1-2H2,3H3;3-5H2,1-2H3;2*1-2H3. The predicted octanol–water partition coefficient (Wildman–Crippen LogP) is 6.00. The predicted molar refractivity (Wildman–Crippen MR) is 72.9 cm³/mol. The van der Waals surface area contributed by atoms with Crippen LogP contribution in [0.4, 0.5) is 0 Å². The fourth-order valence-corrected chi connectivity index (χ4v) is 0.354. The van der Waals surface area contributed by atoms with Crippen LogP contribution in [0.25, 0.3) is 0 Å². The van der Waals surface area contributed by atoms with E-state index in [4.69, 9.17) is 0 Å². The Morgan fingerprint density at radius 2 is 1.21 bits per heavy atom. The zero-order chi connectivity index (χ0) is 12.4. The van der Waals surface area contributed by atoms with Crippen molar-refractivity contribution in [2.24, 2.45) is 0 Å². The summed E-state index contributed by atoms with van der Waals surface area (Å²) < 4.78 is 0. The third-order valence-corrected chi connectivity index (χ3v) is 1.06. The summed E-state index contributed by atoms with van der Waals surface area (Å²) in [6.07, 6.45) is 5.80. The first-order chi connectivity index (χ1) is 6.68. The number of hydrogen-bond donors (Lipinski definition) is 0. The van der Waals surface area contributed by atoms with Crippen LogP contribution in [0, 0.1) is 0 Å². The van der Waals surface area contributed by atoms with E-state index in [9.17, 15) is 0 Å². The minimum atomic E-state index is 1.02. The van der Waals surface area contributed by atoms with Gasteiger partial charge in [-0.05, 0) is 6.92 Å². The number of unbranched alkanes of at least 4 members (excludes halogenated alkanes) is 2. The normalized spacial score (nSPS) is 6.21. The van der Waals surface area contributed by atoms with Crippen molar-refractivity contribution in [3.05, 3.63) is 24.8 Å². The molecule has 0 saturated heterocycles. The van der Waals surface area contributed by atoms with Crippen LogP contribution in [0.1, 0.15) is 67.7 Å². The highest BCUT2D eigenvalue weighted by atomic mass is 13.7. The molecule has 0 spiro atoms. The molecule has 0 heterocycles. The number of allylic oxidation sites excluding steroid dienone is 2. The Labute approximate surface area is 93.1 Å². The zero-order valence-electron chi connectivity index (χ0n) is 11.6. The van der Waals surface area contributed by atoms with Crippen LogP contribution in [0.3, 0.4) is 0 Å². The van der Waals surface area contributed by atoms with E-state index < -0.39 is 0 Å². The first kappa shape index (κ1) is 23.4. The average Bonchev–Trinajstić information content (AvgIpc) is 2.26. The first-order valence-corrected chi connectivity index (χ1v) is 5.96. The Morgan fingerprint density at radius 1 is 1.00 bits per heavy atom. The maximum atomic E-state index is 3.56. The molecule has 14 heavy (non-hydrogen) atoms. The van der Waals surface area contributed by atoms with Gasteiger partial charge in [-0.1, -0.05) is 85.6 Å². The van der Waals surface area contributed by atoms with Crippen molar-refractivity contribution < 1.29 is 0 Å². The van der Waals surface area contributed by atoms with Crippen LogP contribution in [0.5, 0.6) is 0 Å². The quantitative estimate of drug-likeness (QED) is 0.490. The highest BCUT2D eigenvalue weighted by molar-refractivity contribution is 5.05. The van der Waals surface area contributed by atoms with Crippen molar-refractivity contribution in [3.63, 3.8) is 0 Å². The van der Waals surface area contributed by atoms with Gasteiger partial charge in [-0.25, -0.2) is 0 Å². The molecule has 0 fully saturated rings. The molecule has 0 bridgehead atoms. The lowest BCUT2D eigenvalue weighted by atomic mass is 10.3. The van der Waals surface area contributed by atoms with E-state index in [1.54, 1.807) is 6.08 Å². The Hall–Kier alpha value is -0.520. The van der Waals surface area contributed by atoms with Gasteiger partial charge in [-0.2, -0.15) is 0 Å². The summed E-state index contributed by atoms with van der Waals surface area (Å²) in [5.74, 6) is 0. The highest BCUT2D eigenvalue weighted by Gasteiger charge is 1.68. The first-order valence-electron chi connectivity index (χ1n) is 5.96. The number of hydrogen-bond acceptors (Lipinski definition) is 0. The summed E-state index contributed by atoms with van der Waals surface area (Å²) in [4.78, 5) is 0. The molecular formula is C14H32. The molecule has 0 aliphatic carbocycles. The van der Waals surface area contributed by atoms with Crippen molar-refractivity contribution in [3.8, 4) is 0 Å². The van der Waals surface area contributed by atoms with E-state index in [0.717, 1.165) is 5.57 Å². The third kappa shape index (κ3) is 104. The number of rotatable bonds is 3. The summed E-state index contributed by atoms with van der Waals surface area (Å²) in [6, 6.07) is 0. The Balaban J connectivity index is -0.0000000528. The molecule has 0 nitrogen and oxygen atoms in total. The molecule has 88 valence electrons. The van der Waals surface area contributed by atoms with Crippen LogP contribution in [0.2, 0.25) is 0 Å². The molecule has 0 aromatic heterocycles. The van der Waals surface area contributed by atoms with Crippen LogP contribution in [0.15, 0.2) is 24.8 Å². The molecule has 0 saturated carbocycles. The van der Waals surface area contributed by atoms with Gasteiger partial charge in [0.1, 0.15) is 0 Å². The maximum absolute atomic E-state index is 3.56. The molecule has 0 heteroatoms. The zero-order valence-corrected chi connectivity index (χ0v) is 11.6. The second-order valence-corrected chi connectivity index (χ2v) is 2.40. The van der Waals surface area contributed by atoms with Gasteiger partial charge in [0.05, 0.1) is 0 Å². The average molecular weight is 200 g/mol. The summed E-state index contributed by atoms with van der Waals surface area (Å²) in [6.45, 7) is 21.3. The van der Waals surface area contributed by atoms with Crippen LogP contribution >= 0.6 is 0 Å². The summed E-state index contributed by atoms with van der Waals surface area (Å²) in [7, 11) is 0. The fraction of sp³-hybridized carbons (Fsp3) is 0.714. The van der Waals surface area contributed by atoms with Gasteiger partial charge in [-0.15, -0.1) is 0 Å². The smallest absolute Gasteiger partial charge is 0.0404 e. The molecule has 0 aliphatic rings. The molecule has 0 amide bonds. The molecule has 0 aromatic rings. The van der Waals surface area contributed by atoms with E-state index in [0.29, 0.717) is 0 Å². The van der Waals surface area contributed by atoms with E-state index in [1.165, 1.54) is 19.3 Å². The largest absolute Gasteiger partial charge is 0.0988 e. The Bertz CT molecular complexity index is 78.0. The van der Waals surface area contributed by atoms with Gasteiger partial charge < -0.3 is 0 Å². The molecule has 0 rings (SSSR count). The van der Waals surface area contributed by atoms with E-state index >= 15 is 0 Å². The summed E-state index contributed by atoms with van der Waals surface area (Å²) in [5, 5.41) is 0. The van der Waals surface area contributed by atoms with Crippen molar-refractivity contribution in [2.45, 2.75) is 67.7 Å². The van der Waals surface area contributed by atoms with Gasteiger partial charge in [0.15, 0.2) is 0 Å². The molecular weight excluding hydrogens is 168 g/mol. The van der Waals surface area contributed by atoms with Crippen molar-refractivity contribution in [1.29, 1.82) is 0 Å². The van der Waals surface area contributed by atoms with Crippen LogP contribution < -0.4 is 0 Å². The lowest BCUT2D eigenvalue weighted by molar-refractivity contribution is 0.772. The van der Waals surface area contributed by atoms with Gasteiger partial charge in [0, 0.05) is 0 Å². The lowest BCUT2D eigenvalue weighted by Gasteiger charge is -1.79. The molecule has 0 aromatic carbocycles. The van der Waals surface area contributed by atoms with Crippen LogP contribution in [-0.4, -0.2) is 0 Å². The van der Waals surface area contributed by atoms with E-state index in [1.807, 2.05) is 34.6 Å². The maximum Gasteiger partial charge on any atom is -0.0404 e. The molecule has 0 unspecified atom stereocenters. The van der Waals surface area contributed by atoms with E-state index in [2.05, 4.69) is 27.0 Å². The molecule has 0 atom stereocenters. The van der Waals surface area contributed by atoms with Crippen molar-refractivity contribution in [1.82, 2.24) is 0 Å². The van der Waals surface area contributed by atoms with E-state index in [-0.39, 0.29) is 0 Å². The van der Waals surface area contributed by atoms with Gasteiger partial charge in [0.2, 0.25) is 0 Å². The summed E-state index contributed by atoms with van der Waals surface area (Å²) in [5.41, 5.74) is 1.02. The second-order valence-electron chi connectivity index (χ2n) is 2.40. The SMILES string of the molecule is C=CC(=C)C.CC.CC.CCCCC. The lowest BCUT2D eigenvalue weighted by Crippen LogP contribution is -1.59. The van der Waals surface area contributed by atoms with Crippen LogP contribution in [-0.2, 0) is 0 Å². The fourth-order valence-electron chi connectivity index (χ4n) is 0.354. The highest BCUT2D eigenvalue weighted by Crippen LogP contribution is 1.88. The molecule has 0 radical (unpaired) electrons. The van der Waals surface area contributed by atoms with Crippen molar-refractivity contribution in [2.75, 3.05) is 0 Å². The van der Waals surface area contributed by atoms with Gasteiger partial charge in [0.25, 0.3) is 0 Å². The van der Waals surface area contributed by atoms with Gasteiger partial charge in [-0.3, -0.25) is 0 Å². The summed E-state index contributed by atoms with van der Waals surface area (Å²) >= 11 is 0. The minimum Gasteiger partial charge on any atom is -0.0988 e. The monoisotopic (exact) mass is 200 g/mol. The molecule has 0 N–H and O–H groups in total. The van der Waals surface area contributed by atoms with Gasteiger partial charge >= 0.3 is 0 Å². The second kappa shape index (κ2) is 39.2. The topological polar surface area (TPSA) is 0 Å². The minimum absolute atomic E-state index is 1.02. The Morgan fingerprint density at radius 3 is 1.21 bits per heavy atom.